The molecule has 0 aromatic carbocycles. The first-order valence-electron chi connectivity index (χ1n) is 4.62. The summed E-state index contributed by atoms with van der Waals surface area (Å²) in [5.74, 6) is 0.853. The van der Waals surface area contributed by atoms with Gasteiger partial charge in [0.1, 0.15) is 0 Å². The minimum atomic E-state index is 0.470. The highest BCUT2D eigenvalue weighted by Gasteiger charge is 2.29. The zero-order valence-electron chi connectivity index (χ0n) is 8.18. The maximum absolute atomic E-state index is 5.50. The second-order valence-corrected chi connectivity index (χ2v) is 4.77. The predicted molar refractivity (Wildman–Crippen MR) is 47.6 cm³/mol. The van der Waals surface area contributed by atoms with E-state index in [1.54, 1.807) is 0 Å². The van der Waals surface area contributed by atoms with Crippen molar-refractivity contribution in [2.24, 2.45) is 11.3 Å². The molecule has 1 heterocycles. The average Bonchev–Trinajstić information content (AvgIpc) is 1.86. The van der Waals surface area contributed by atoms with Crippen molar-refractivity contribution in [2.45, 2.75) is 46.6 Å². The number of rotatable bonds is 0. The molecular weight excluding hydrogens is 136 g/mol. The summed E-state index contributed by atoms with van der Waals surface area (Å²) in [5, 5.41) is 0. The standard InChI is InChI=1S/C10H20O/c1-8-7-9(5-6-11-8)10(2,3)4/h8-9H,5-7H2,1-4H3/t8-,9?/m0/s1. The lowest BCUT2D eigenvalue weighted by atomic mass is 9.75. The maximum Gasteiger partial charge on any atom is 0.0549 e. The third kappa shape index (κ3) is 2.48. The van der Waals surface area contributed by atoms with E-state index in [1.807, 2.05) is 0 Å². The van der Waals surface area contributed by atoms with Gasteiger partial charge in [-0.1, -0.05) is 20.8 Å². The molecule has 0 aromatic rings. The minimum absolute atomic E-state index is 0.470. The van der Waals surface area contributed by atoms with Crippen molar-refractivity contribution < 1.29 is 4.74 Å². The van der Waals surface area contributed by atoms with E-state index >= 15 is 0 Å². The fourth-order valence-electron chi connectivity index (χ4n) is 1.78. The highest BCUT2D eigenvalue weighted by molar-refractivity contribution is 4.78. The molecule has 1 nitrogen and oxygen atoms in total. The Bertz CT molecular complexity index is 123. The van der Waals surface area contributed by atoms with Crippen LogP contribution in [0, 0.1) is 11.3 Å². The highest BCUT2D eigenvalue weighted by Crippen LogP contribution is 2.35. The molecule has 1 rings (SSSR count). The molecule has 11 heavy (non-hydrogen) atoms. The molecule has 1 unspecified atom stereocenters. The lowest BCUT2D eigenvalue weighted by molar-refractivity contribution is -0.0248. The Morgan fingerprint density at radius 3 is 2.27 bits per heavy atom. The molecule has 0 spiro atoms. The number of hydrogen-bond donors (Lipinski definition) is 0. The monoisotopic (exact) mass is 156 g/mol. The summed E-state index contributed by atoms with van der Waals surface area (Å²) in [6.45, 7) is 10.1. The molecule has 1 saturated heterocycles. The summed E-state index contributed by atoms with van der Waals surface area (Å²) in [5.41, 5.74) is 0.470. The Kier molecular flexibility index (Phi) is 2.58. The van der Waals surface area contributed by atoms with Gasteiger partial charge in [0, 0.05) is 6.61 Å². The molecule has 66 valence electrons. The van der Waals surface area contributed by atoms with Gasteiger partial charge in [0.2, 0.25) is 0 Å². The van der Waals surface area contributed by atoms with E-state index in [9.17, 15) is 0 Å². The van der Waals surface area contributed by atoms with E-state index in [-0.39, 0.29) is 0 Å². The van der Waals surface area contributed by atoms with Crippen LogP contribution in [0.4, 0.5) is 0 Å². The van der Waals surface area contributed by atoms with Crippen molar-refractivity contribution in [3.8, 4) is 0 Å². The van der Waals surface area contributed by atoms with Crippen LogP contribution in [0.3, 0.4) is 0 Å². The van der Waals surface area contributed by atoms with E-state index in [0.29, 0.717) is 11.5 Å². The lowest BCUT2D eigenvalue weighted by Crippen LogP contribution is -2.31. The lowest BCUT2D eigenvalue weighted by Gasteiger charge is -2.36. The normalized spacial score (nSPS) is 33.8. The van der Waals surface area contributed by atoms with Gasteiger partial charge in [0.05, 0.1) is 6.10 Å². The Morgan fingerprint density at radius 1 is 1.27 bits per heavy atom. The summed E-state index contributed by atoms with van der Waals surface area (Å²) in [7, 11) is 0. The zero-order chi connectivity index (χ0) is 8.48. The first-order chi connectivity index (χ1) is 5.00. The van der Waals surface area contributed by atoms with Crippen molar-refractivity contribution in [1.82, 2.24) is 0 Å². The van der Waals surface area contributed by atoms with Gasteiger partial charge in [0.25, 0.3) is 0 Å². The van der Waals surface area contributed by atoms with Crippen LogP contribution in [0.1, 0.15) is 40.5 Å². The van der Waals surface area contributed by atoms with Gasteiger partial charge in [-0.3, -0.25) is 0 Å². The second-order valence-electron chi connectivity index (χ2n) is 4.77. The van der Waals surface area contributed by atoms with E-state index in [0.717, 1.165) is 12.5 Å². The van der Waals surface area contributed by atoms with Crippen molar-refractivity contribution >= 4 is 0 Å². The molecule has 1 fully saturated rings. The molecule has 0 bridgehead atoms. The van der Waals surface area contributed by atoms with Crippen LogP contribution in [0.5, 0.6) is 0 Å². The molecule has 0 radical (unpaired) electrons. The molecule has 0 N–H and O–H groups in total. The fraction of sp³-hybridized carbons (Fsp3) is 1.00. The van der Waals surface area contributed by atoms with Crippen molar-refractivity contribution in [2.75, 3.05) is 6.61 Å². The van der Waals surface area contributed by atoms with E-state index in [4.69, 9.17) is 4.74 Å². The highest BCUT2D eigenvalue weighted by atomic mass is 16.5. The summed E-state index contributed by atoms with van der Waals surface area (Å²) in [4.78, 5) is 0. The number of ether oxygens (including phenoxy) is 1. The second kappa shape index (κ2) is 3.14. The van der Waals surface area contributed by atoms with Gasteiger partial charge in [-0.25, -0.2) is 0 Å². The van der Waals surface area contributed by atoms with Crippen molar-refractivity contribution in [1.29, 1.82) is 0 Å². The van der Waals surface area contributed by atoms with Crippen LogP contribution < -0.4 is 0 Å². The van der Waals surface area contributed by atoms with Gasteiger partial charge in [-0.15, -0.1) is 0 Å². The summed E-state index contributed by atoms with van der Waals surface area (Å²) in [6.07, 6.45) is 2.96. The number of hydrogen-bond acceptors (Lipinski definition) is 1. The Morgan fingerprint density at radius 2 is 1.91 bits per heavy atom. The van der Waals surface area contributed by atoms with Crippen LogP contribution in [0.15, 0.2) is 0 Å². The first-order valence-corrected chi connectivity index (χ1v) is 4.62. The third-order valence-electron chi connectivity index (χ3n) is 2.71. The molecule has 0 aromatic heterocycles. The SMILES string of the molecule is C[C@H]1CC(C(C)(C)C)CCO1. The van der Waals surface area contributed by atoms with Crippen LogP contribution in [-0.4, -0.2) is 12.7 Å². The Labute approximate surface area is 70.1 Å². The summed E-state index contributed by atoms with van der Waals surface area (Å²) < 4.78 is 5.50. The van der Waals surface area contributed by atoms with Crippen LogP contribution in [-0.2, 0) is 4.74 Å². The molecule has 0 aliphatic carbocycles. The molecule has 1 aliphatic heterocycles. The quantitative estimate of drug-likeness (QED) is 0.524. The van der Waals surface area contributed by atoms with Crippen LogP contribution in [0.25, 0.3) is 0 Å². The van der Waals surface area contributed by atoms with Gasteiger partial charge >= 0.3 is 0 Å². The Balaban J connectivity index is 2.46. The van der Waals surface area contributed by atoms with Gasteiger partial charge in [-0.2, -0.15) is 0 Å². The van der Waals surface area contributed by atoms with E-state index in [2.05, 4.69) is 27.7 Å². The first kappa shape index (κ1) is 9.05. The van der Waals surface area contributed by atoms with Gasteiger partial charge in [-0.05, 0) is 31.1 Å². The molecule has 0 saturated carbocycles. The molecule has 1 aliphatic rings. The average molecular weight is 156 g/mol. The van der Waals surface area contributed by atoms with Crippen molar-refractivity contribution in [3.63, 3.8) is 0 Å². The Hall–Kier alpha value is -0.0400. The summed E-state index contributed by atoms with van der Waals surface area (Å²) >= 11 is 0. The zero-order valence-corrected chi connectivity index (χ0v) is 8.18. The fourth-order valence-corrected chi connectivity index (χ4v) is 1.78. The third-order valence-corrected chi connectivity index (χ3v) is 2.71. The van der Waals surface area contributed by atoms with Crippen molar-refractivity contribution in [3.05, 3.63) is 0 Å². The molecule has 2 atom stereocenters. The van der Waals surface area contributed by atoms with Crippen LogP contribution in [0.2, 0.25) is 0 Å². The predicted octanol–water partition coefficient (Wildman–Crippen LogP) is 2.85. The molecule has 0 amide bonds. The minimum Gasteiger partial charge on any atom is -0.378 e. The molecular formula is C10H20O. The maximum atomic E-state index is 5.50. The van der Waals surface area contributed by atoms with Gasteiger partial charge < -0.3 is 4.74 Å². The van der Waals surface area contributed by atoms with Gasteiger partial charge in [0.15, 0.2) is 0 Å². The smallest absolute Gasteiger partial charge is 0.0549 e. The van der Waals surface area contributed by atoms with Crippen LogP contribution >= 0.6 is 0 Å². The summed E-state index contributed by atoms with van der Waals surface area (Å²) in [6, 6.07) is 0. The largest absolute Gasteiger partial charge is 0.378 e. The topological polar surface area (TPSA) is 9.23 Å². The molecule has 1 heteroatoms. The van der Waals surface area contributed by atoms with E-state index in [1.165, 1.54) is 12.8 Å². The van der Waals surface area contributed by atoms with E-state index < -0.39 is 0 Å².